The average molecular weight is 328 g/mol. The molecule has 5 nitrogen and oxygen atoms in total. The highest BCUT2D eigenvalue weighted by Gasteiger charge is 2.18. The maximum atomic E-state index is 10.3. The van der Waals surface area contributed by atoms with Crippen LogP contribution in [0.4, 0.5) is 0 Å². The molecule has 2 heterocycles. The molecule has 3 N–H and O–H groups in total. The molecule has 5 heteroatoms. The molecule has 2 aromatic rings. The van der Waals surface area contributed by atoms with E-state index in [1.165, 1.54) is 12.8 Å². The molecule has 0 amide bonds. The van der Waals surface area contributed by atoms with E-state index in [0.717, 1.165) is 42.4 Å². The molecule has 1 aliphatic rings. The second-order valence-corrected chi connectivity index (χ2v) is 6.90. The van der Waals surface area contributed by atoms with E-state index in [0.29, 0.717) is 13.1 Å². The van der Waals surface area contributed by atoms with Gasteiger partial charge in [-0.25, -0.2) is 0 Å². The lowest BCUT2D eigenvalue weighted by Gasteiger charge is -2.31. The third-order valence-electron chi connectivity index (χ3n) is 4.82. The average Bonchev–Trinajstić information content (AvgIpc) is 3.06. The molecule has 1 fully saturated rings. The van der Waals surface area contributed by atoms with Crippen LogP contribution in [0.1, 0.15) is 25.3 Å². The van der Waals surface area contributed by atoms with Crippen molar-refractivity contribution in [2.24, 2.45) is 5.92 Å². The second kappa shape index (κ2) is 8.42. The summed E-state index contributed by atoms with van der Waals surface area (Å²) in [4.78, 5) is 2.37. The number of benzene rings is 1. The number of nitrogens with zero attached hydrogens (tertiary/aromatic N) is 2. The van der Waals surface area contributed by atoms with Gasteiger partial charge in [0.2, 0.25) is 0 Å². The smallest absolute Gasteiger partial charge is 0.0791 e. The van der Waals surface area contributed by atoms with Gasteiger partial charge in [-0.15, -0.1) is 0 Å². The zero-order chi connectivity index (χ0) is 16.8. The number of hydrogen-bond donors (Lipinski definition) is 3. The van der Waals surface area contributed by atoms with Gasteiger partial charge in [0.15, 0.2) is 0 Å². The highest BCUT2D eigenvalue weighted by atomic mass is 16.3. The Bertz CT molecular complexity index is 605. The number of piperidine rings is 1. The Balaban J connectivity index is 1.44. The van der Waals surface area contributed by atoms with Crippen molar-refractivity contribution in [2.75, 3.05) is 26.2 Å². The summed E-state index contributed by atoms with van der Waals surface area (Å²) >= 11 is 0. The van der Waals surface area contributed by atoms with Crippen molar-refractivity contribution in [1.82, 2.24) is 20.4 Å². The number of β-amino-alcohol motifs (C(OH)–C–C–N with tert-alkyl or cyclic N) is 1. The molecule has 1 saturated heterocycles. The quantitative estimate of drug-likeness (QED) is 0.729. The van der Waals surface area contributed by atoms with Crippen molar-refractivity contribution in [2.45, 2.75) is 32.4 Å². The zero-order valence-electron chi connectivity index (χ0n) is 14.4. The molecule has 1 aliphatic heterocycles. The Morgan fingerprint density at radius 2 is 2.04 bits per heavy atom. The Hall–Kier alpha value is -1.69. The van der Waals surface area contributed by atoms with Crippen LogP contribution in [0.2, 0.25) is 0 Å². The van der Waals surface area contributed by atoms with E-state index >= 15 is 0 Å². The SMILES string of the molecule is CC1CCN(CC(O)CNCc2cn[nH]c2-c2ccccc2)CC1. The van der Waals surface area contributed by atoms with Gasteiger partial charge in [-0.3, -0.25) is 5.10 Å². The molecule has 0 spiro atoms. The molecule has 1 aromatic carbocycles. The fourth-order valence-electron chi connectivity index (χ4n) is 3.28. The van der Waals surface area contributed by atoms with Gasteiger partial charge < -0.3 is 15.3 Å². The lowest BCUT2D eigenvalue weighted by atomic mass is 9.99. The van der Waals surface area contributed by atoms with Crippen LogP contribution in [-0.4, -0.2) is 52.5 Å². The second-order valence-electron chi connectivity index (χ2n) is 6.90. The molecule has 0 aliphatic carbocycles. The van der Waals surface area contributed by atoms with Crippen molar-refractivity contribution in [3.8, 4) is 11.3 Å². The van der Waals surface area contributed by atoms with Gasteiger partial charge in [-0.2, -0.15) is 5.10 Å². The summed E-state index contributed by atoms with van der Waals surface area (Å²) in [5.41, 5.74) is 3.30. The summed E-state index contributed by atoms with van der Waals surface area (Å²) in [7, 11) is 0. The number of rotatable bonds is 7. The first-order chi connectivity index (χ1) is 11.7. The first kappa shape index (κ1) is 17.1. The van der Waals surface area contributed by atoms with Crippen LogP contribution < -0.4 is 5.32 Å². The number of likely N-dealkylation sites (tertiary alicyclic amines) is 1. The van der Waals surface area contributed by atoms with Gasteiger partial charge in [0.1, 0.15) is 0 Å². The van der Waals surface area contributed by atoms with E-state index in [9.17, 15) is 5.11 Å². The minimum absolute atomic E-state index is 0.328. The maximum absolute atomic E-state index is 10.3. The van der Waals surface area contributed by atoms with E-state index in [1.807, 2.05) is 24.4 Å². The first-order valence-corrected chi connectivity index (χ1v) is 8.91. The van der Waals surface area contributed by atoms with Crippen molar-refractivity contribution >= 4 is 0 Å². The van der Waals surface area contributed by atoms with E-state index < -0.39 is 0 Å². The maximum Gasteiger partial charge on any atom is 0.0791 e. The number of H-pyrrole nitrogens is 1. The molecule has 0 bridgehead atoms. The van der Waals surface area contributed by atoms with Gasteiger partial charge in [-0.1, -0.05) is 37.3 Å². The van der Waals surface area contributed by atoms with E-state index in [1.54, 1.807) is 0 Å². The topological polar surface area (TPSA) is 64.2 Å². The molecular weight excluding hydrogens is 300 g/mol. The van der Waals surface area contributed by atoms with Crippen LogP contribution in [0.3, 0.4) is 0 Å². The fourth-order valence-corrected chi connectivity index (χ4v) is 3.28. The lowest BCUT2D eigenvalue weighted by Crippen LogP contribution is -2.41. The summed E-state index contributed by atoms with van der Waals surface area (Å²) in [6.45, 7) is 6.59. The summed E-state index contributed by atoms with van der Waals surface area (Å²) < 4.78 is 0. The van der Waals surface area contributed by atoms with E-state index in [4.69, 9.17) is 0 Å². The van der Waals surface area contributed by atoms with Crippen LogP contribution in [0.15, 0.2) is 36.5 Å². The molecule has 1 aromatic heterocycles. The monoisotopic (exact) mass is 328 g/mol. The van der Waals surface area contributed by atoms with E-state index in [-0.39, 0.29) is 6.10 Å². The molecule has 1 unspecified atom stereocenters. The Morgan fingerprint density at radius 3 is 2.79 bits per heavy atom. The Kier molecular flexibility index (Phi) is 6.01. The first-order valence-electron chi connectivity index (χ1n) is 8.91. The predicted octanol–water partition coefficient (Wildman–Crippen LogP) is 2.26. The lowest BCUT2D eigenvalue weighted by molar-refractivity contribution is 0.0907. The van der Waals surface area contributed by atoms with Gasteiger partial charge in [0.25, 0.3) is 0 Å². The Morgan fingerprint density at radius 1 is 1.29 bits per heavy atom. The van der Waals surface area contributed by atoms with Gasteiger partial charge in [0, 0.05) is 25.2 Å². The van der Waals surface area contributed by atoms with Crippen molar-refractivity contribution < 1.29 is 5.11 Å². The molecule has 0 saturated carbocycles. The highest BCUT2D eigenvalue weighted by Crippen LogP contribution is 2.20. The minimum atomic E-state index is -0.328. The number of hydrogen-bond acceptors (Lipinski definition) is 4. The third kappa shape index (κ3) is 4.66. The molecule has 3 rings (SSSR count). The van der Waals surface area contributed by atoms with Crippen LogP contribution >= 0.6 is 0 Å². The van der Waals surface area contributed by atoms with Crippen molar-refractivity contribution in [1.29, 1.82) is 0 Å². The molecule has 0 radical (unpaired) electrons. The van der Waals surface area contributed by atoms with Crippen LogP contribution in [0, 0.1) is 5.92 Å². The zero-order valence-corrected chi connectivity index (χ0v) is 14.4. The number of aliphatic hydroxyl groups is 1. The summed E-state index contributed by atoms with van der Waals surface area (Å²) in [6, 6.07) is 10.2. The standard InChI is InChI=1S/C19H28N4O/c1-15-7-9-23(10-8-15)14-18(24)13-20-11-17-12-21-22-19(17)16-5-3-2-4-6-16/h2-6,12,15,18,20,24H,7-11,13-14H2,1H3,(H,21,22). The third-order valence-corrected chi connectivity index (χ3v) is 4.82. The van der Waals surface area contributed by atoms with Gasteiger partial charge in [0.05, 0.1) is 18.0 Å². The molecule has 24 heavy (non-hydrogen) atoms. The largest absolute Gasteiger partial charge is 0.390 e. The van der Waals surface area contributed by atoms with Crippen molar-refractivity contribution in [3.05, 3.63) is 42.1 Å². The molecule has 130 valence electrons. The summed E-state index contributed by atoms with van der Waals surface area (Å²) in [5.74, 6) is 0.828. The molecule has 1 atom stereocenters. The van der Waals surface area contributed by atoms with Crippen molar-refractivity contribution in [3.63, 3.8) is 0 Å². The number of aromatic amines is 1. The highest BCUT2D eigenvalue weighted by molar-refractivity contribution is 5.62. The summed E-state index contributed by atoms with van der Waals surface area (Å²) in [5, 5.41) is 20.8. The normalized spacial score (nSPS) is 17.9. The van der Waals surface area contributed by atoms with Crippen LogP contribution in [-0.2, 0) is 6.54 Å². The summed E-state index contributed by atoms with van der Waals surface area (Å²) in [6.07, 6.45) is 4.02. The number of aliphatic hydroxyl groups excluding tert-OH is 1. The van der Waals surface area contributed by atoms with Gasteiger partial charge >= 0.3 is 0 Å². The Labute approximate surface area is 144 Å². The van der Waals surface area contributed by atoms with Gasteiger partial charge in [-0.05, 0) is 37.4 Å². The predicted molar refractivity (Wildman–Crippen MR) is 96.6 cm³/mol. The van der Waals surface area contributed by atoms with E-state index in [2.05, 4.69) is 39.5 Å². The minimum Gasteiger partial charge on any atom is -0.390 e. The van der Waals surface area contributed by atoms with Crippen LogP contribution in [0.25, 0.3) is 11.3 Å². The fraction of sp³-hybridized carbons (Fsp3) is 0.526. The number of nitrogens with one attached hydrogen (secondary N) is 2. The number of aromatic nitrogens is 2. The molecular formula is C19H28N4O. The van der Waals surface area contributed by atoms with Crippen LogP contribution in [0.5, 0.6) is 0 Å².